The van der Waals surface area contributed by atoms with Crippen molar-refractivity contribution in [2.24, 2.45) is 17.8 Å². The van der Waals surface area contributed by atoms with Gasteiger partial charge in [-0.15, -0.1) is 11.3 Å². The first-order valence-electron chi connectivity index (χ1n) is 9.76. The molecule has 0 radical (unpaired) electrons. The number of nitrogens with zero attached hydrogens (tertiary/aromatic N) is 2. The van der Waals surface area contributed by atoms with Gasteiger partial charge in [0.1, 0.15) is 6.61 Å². The Balaban J connectivity index is 1.44. The zero-order valence-corrected chi connectivity index (χ0v) is 16.5. The van der Waals surface area contributed by atoms with Crippen LogP contribution in [-0.4, -0.2) is 54.2 Å². The summed E-state index contributed by atoms with van der Waals surface area (Å²) in [5, 5.41) is 10.9. The third-order valence-corrected chi connectivity index (χ3v) is 6.50. The number of aliphatic hydroxyl groups excluding tert-OH is 1. The average molecular weight is 361 g/mol. The second-order valence-electron chi connectivity index (χ2n) is 8.08. The smallest absolute Gasteiger partial charge is 0.104 e. The highest BCUT2D eigenvalue weighted by Crippen LogP contribution is 2.33. The quantitative estimate of drug-likeness (QED) is 0.817. The molecule has 0 aromatic carbocycles. The van der Waals surface area contributed by atoms with E-state index in [9.17, 15) is 0 Å². The summed E-state index contributed by atoms with van der Waals surface area (Å²) in [5.74, 6) is 8.36. The highest BCUT2D eigenvalue weighted by molar-refractivity contribution is 7.10. The van der Waals surface area contributed by atoms with Gasteiger partial charge in [0.25, 0.3) is 0 Å². The molecule has 0 spiro atoms. The summed E-state index contributed by atoms with van der Waals surface area (Å²) in [5.41, 5.74) is 1.04. The molecule has 1 aromatic rings. The Morgan fingerprint density at radius 3 is 2.60 bits per heavy atom. The molecule has 0 bridgehead atoms. The van der Waals surface area contributed by atoms with Gasteiger partial charge in [0.15, 0.2) is 0 Å². The molecule has 2 aliphatic rings. The predicted molar refractivity (Wildman–Crippen MR) is 106 cm³/mol. The van der Waals surface area contributed by atoms with E-state index in [2.05, 4.69) is 46.9 Å². The lowest BCUT2D eigenvalue weighted by Gasteiger charge is -2.35. The van der Waals surface area contributed by atoms with E-state index in [-0.39, 0.29) is 6.61 Å². The highest BCUT2D eigenvalue weighted by Gasteiger charge is 2.31. The van der Waals surface area contributed by atoms with E-state index in [1.165, 1.54) is 56.9 Å². The number of hydrogen-bond donors (Lipinski definition) is 1. The van der Waals surface area contributed by atoms with Gasteiger partial charge in [-0.1, -0.05) is 25.7 Å². The van der Waals surface area contributed by atoms with Crippen LogP contribution in [0.25, 0.3) is 0 Å². The van der Waals surface area contributed by atoms with Gasteiger partial charge in [0, 0.05) is 35.5 Å². The minimum atomic E-state index is -0.0605. The van der Waals surface area contributed by atoms with Crippen molar-refractivity contribution in [2.75, 3.05) is 39.3 Å². The summed E-state index contributed by atoms with van der Waals surface area (Å²) in [6.07, 6.45) is 4.16. The van der Waals surface area contributed by atoms with Crippen molar-refractivity contribution >= 4 is 11.3 Å². The van der Waals surface area contributed by atoms with Gasteiger partial charge in [0.2, 0.25) is 0 Å². The zero-order valence-electron chi connectivity index (χ0n) is 15.7. The van der Waals surface area contributed by atoms with Gasteiger partial charge in [0.05, 0.1) is 0 Å². The van der Waals surface area contributed by atoms with E-state index in [1.54, 1.807) is 11.3 Å². The van der Waals surface area contributed by atoms with Gasteiger partial charge in [-0.05, 0) is 62.7 Å². The van der Waals surface area contributed by atoms with Gasteiger partial charge >= 0.3 is 0 Å². The zero-order chi connectivity index (χ0) is 17.6. The number of thiophene rings is 1. The van der Waals surface area contributed by atoms with E-state index >= 15 is 0 Å². The fourth-order valence-corrected chi connectivity index (χ4v) is 5.26. The first-order chi connectivity index (χ1) is 12.1. The Kier molecular flexibility index (Phi) is 6.95. The topological polar surface area (TPSA) is 26.7 Å². The number of rotatable bonds is 5. The van der Waals surface area contributed by atoms with Gasteiger partial charge < -0.3 is 10.0 Å². The Morgan fingerprint density at radius 2 is 1.88 bits per heavy atom. The fraction of sp³-hybridized carbons (Fsp3) is 0.714. The number of hydrogen-bond acceptors (Lipinski definition) is 4. The summed E-state index contributed by atoms with van der Waals surface area (Å²) in [4.78, 5) is 6.68. The Morgan fingerprint density at radius 1 is 1.16 bits per heavy atom. The van der Waals surface area contributed by atoms with Crippen molar-refractivity contribution in [3.63, 3.8) is 0 Å². The molecule has 1 N–H and O–H groups in total. The number of aliphatic hydroxyl groups is 1. The Bertz CT molecular complexity index is 593. The van der Waals surface area contributed by atoms with Crippen LogP contribution in [0.3, 0.4) is 0 Å². The number of piperidine rings is 1. The molecule has 0 amide bonds. The third kappa shape index (κ3) is 5.56. The van der Waals surface area contributed by atoms with Crippen LogP contribution in [-0.2, 0) is 6.54 Å². The first kappa shape index (κ1) is 18.9. The molecule has 138 valence electrons. The molecule has 3 heterocycles. The van der Waals surface area contributed by atoms with Crippen molar-refractivity contribution in [3.05, 3.63) is 21.9 Å². The molecule has 3 nitrogen and oxygen atoms in total. The molecule has 2 aliphatic heterocycles. The summed E-state index contributed by atoms with van der Waals surface area (Å²) in [6, 6.07) is 2.19. The molecule has 3 rings (SSSR count). The van der Waals surface area contributed by atoms with Crippen molar-refractivity contribution < 1.29 is 5.11 Å². The van der Waals surface area contributed by atoms with Crippen molar-refractivity contribution in [1.82, 2.24) is 9.80 Å². The summed E-state index contributed by atoms with van der Waals surface area (Å²) in [7, 11) is 0. The highest BCUT2D eigenvalue weighted by atomic mass is 32.1. The molecule has 1 atom stereocenters. The molecule has 0 saturated carbocycles. The minimum Gasteiger partial charge on any atom is -0.384 e. The van der Waals surface area contributed by atoms with Gasteiger partial charge in [-0.2, -0.15) is 0 Å². The van der Waals surface area contributed by atoms with Crippen molar-refractivity contribution in [3.8, 4) is 11.8 Å². The van der Waals surface area contributed by atoms with Crippen LogP contribution in [0.4, 0.5) is 0 Å². The van der Waals surface area contributed by atoms with Crippen LogP contribution in [0, 0.1) is 29.6 Å². The molecule has 1 unspecified atom stereocenters. The lowest BCUT2D eigenvalue weighted by Crippen LogP contribution is -2.38. The van der Waals surface area contributed by atoms with Crippen molar-refractivity contribution in [2.45, 2.75) is 39.7 Å². The van der Waals surface area contributed by atoms with E-state index < -0.39 is 0 Å². The van der Waals surface area contributed by atoms with E-state index in [4.69, 9.17) is 5.11 Å². The largest absolute Gasteiger partial charge is 0.384 e. The lowest BCUT2D eigenvalue weighted by molar-refractivity contribution is 0.135. The maximum Gasteiger partial charge on any atom is 0.104 e. The third-order valence-electron chi connectivity index (χ3n) is 5.58. The maximum atomic E-state index is 8.79. The summed E-state index contributed by atoms with van der Waals surface area (Å²) >= 11 is 1.80. The van der Waals surface area contributed by atoms with Gasteiger partial charge in [-0.25, -0.2) is 0 Å². The molecular weight excluding hydrogens is 328 g/mol. The number of likely N-dealkylation sites (tertiary alicyclic amines) is 2. The lowest BCUT2D eigenvalue weighted by atomic mass is 9.83. The molecule has 2 saturated heterocycles. The molecular formula is C21H32N2OS. The average Bonchev–Trinajstić information content (AvgIpc) is 3.23. The molecule has 1 aromatic heterocycles. The summed E-state index contributed by atoms with van der Waals surface area (Å²) < 4.78 is 0. The fourth-order valence-electron chi connectivity index (χ4n) is 4.41. The maximum absolute atomic E-state index is 8.79. The van der Waals surface area contributed by atoms with E-state index in [0.29, 0.717) is 0 Å². The molecule has 25 heavy (non-hydrogen) atoms. The van der Waals surface area contributed by atoms with E-state index in [1.807, 2.05) is 0 Å². The Hall–Kier alpha value is -0.860. The van der Waals surface area contributed by atoms with Crippen LogP contribution in [0.2, 0.25) is 0 Å². The Labute approximate surface area is 157 Å². The molecule has 0 aliphatic carbocycles. The molecule has 2 fully saturated rings. The normalized spacial score (nSPS) is 23.1. The van der Waals surface area contributed by atoms with E-state index in [0.717, 1.165) is 29.9 Å². The first-order valence-corrected chi connectivity index (χ1v) is 10.6. The molecule has 4 heteroatoms. The summed E-state index contributed by atoms with van der Waals surface area (Å²) in [6.45, 7) is 12.0. The monoisotopic (exact) mass is 360 g/mol. The van der Waals surface area contributed by atoms with Crippen LogP contribution in [0.5, 0.6) is 0 Å². The van der Waals surface area contributed by atoms with Crippen LogP contribution in [0.15, 0.2) is 11.4 Å². The van der Waals surface area contributed by atoms with Gasteiger partial charge in [-0.3, -0.25) is 4.90 Å². The van der Waals surface area contributed by atoms with Crippen LogP contribution >= 0.6 is 11.3 Å². The SMILES string of the molecule is CC(C)CN1CCC(C2CCN(Cc3cc(C#CCO)cs3)C2)CC1. The minimum absolute atomic E-state index is 0.0605. The predicted octanol–water partition coefficient (Wildman–Crippen LogP) is 3.28. The second-order valence-corrected chi connectivity index (χ2v) is 9.07. The second kappa shape index (κ2) is 9.19. The van der Waals surface area contributed by atoms with Crippen LogP contribution in [0.1, 0.15) is 43.6 Å². The van der Waals surface area contributed by atoms with Crippen molar-refractivity contribution in [1.29, 1.82) is 0 Å². The standard InChI is InChI=1S/C21H32N2OS/c1-17(2)13-22-8-5-19(6-9-22)20-7-10-23(14-20)15-21-12-18(16-25-21)4-3-11-24/h12,16-17,19-20,24H,5-11,13-15H2,1-2H3. The van der Waals surface area contributed by atoms with Crippen LogP contribution < -0.4 is 0 Å².